The first-order chi connectivity index (χ1) is 7.10. The van der Waals surface area contributed by atoms with E-state index in [-0.39, 0.29) is 23.9 Å². The second-order valence-corrected chi connectivity index (χ2v) is 3.58. The van der Waals surface area contributed by atoms with Crippen LogP contribution in [0.3, 0.4) is 0 Å². The maximum absolute atomic E-state index is 10.9. The van der Waals surface area contributed by atoms with Gasteiger partial charge in [-0.2, -0.15) is 12.6 Å². The van der Waals surface area contributed by atoms with Gasteiger partial charge in [-0.25, -0.2) is 0 Å². The molecule has 0 heterocycles. The van der Waals surface area contributed by atoms with Crippen molar-refractivity contribution in [3.05, 3.63) is 0 Å². The molecule has 0 saturated heterocycles. The Labute approximate surface area is 96.7 Å². The van der Waals surface area contributed by atoms with Gasteiger partial charge in [-0.05, 0) is 20.8 Å². The summed E-state index contributed by atoms with van der Waals surface area (Å²) >= 11 is 3.81. The van der Waals surface area contributed by atoms with Crippen molar-refractivity contribution in [1.29, 1.82) is 0 Å². The van der Waals surface area contributed by atoms with Crippen molar-refractivity contribution in [1.82, 2.24) is 0 Å². The molecule has 0 rings (SSSR count). The third-order valence-corrected chi connectivity index (χ3v) is 1.89. The topological polar surface area (TPSA) is 44.8 Å². The highest BCUT2D eigenvalue weighted by Gasteiger charge is 2.10. The summed E-state index contributed by atoms with van der Waals surface area (Å²) in [5, 5.41) is 0. The number of thiol groups is 1. The molecule has 0 radical (unpaired) electrons. The zero-order valence-electron chi connectivity index (χ0n) is 9.56. The van der Waals surface area contributed by atoms with Crippen LogP contribution in [0.2, 0.25) is 0 Å². The van der Waals surface area contributed by atoms with E-state index in [1.54, 1.807) is 6.92 Å². The van der Waals surface area contributed by atoms with Crippen LogP contribution >= 0.6 is 12.6 Å². The van der Waals surface area contributed by atoms with E-state index in [1.807, 2.05) is 13.8 Å². The van der Waals surface area contributed by atoms with Crippen LogP contribution in [0, 0.1) is 0 Å². The van der Waals surface area contributed by atoms with Crippen molar-refractivity contribution < 1.29 is 19.0 Å². The lowest BCUT2D eigenvalue weighted by atomic mass is 10.4. The molecule has 0 bridgehead atoms. The molecule has 0 N–H and O–H groups in total. The summed E-state index contributed by atoms with van der Waals surface area (Å²) in [5.41, 5.74) is 0. The van der Waals surface area contributed by atoms with Gasteiger partial charge in [0, 0.05) is 6.61 Å². The molecule has 0 aromatic rings. The van der Waals surface area contributed by atoms with Crippen LogP contribution in [0.25, 0.3) is 0 Å². The van der Waals surface area contributed by atoms with Crippen molar-refractivity contribution in [2.45, 2.75) is 33.0 Å². The maximum Gasteiger partial charge on any atom is 0.315 e. The van der Waals surface area contributed by atoms with E-state index in [1.165, 1.54) is 0 Å². The molecule has 0 aliphatic rings. The Kier molecular flexibility index (Phi) is 8.85. The number of rotatable bonds is 8. The van der Waals surface area contributed by atoms with Crippen LogP contribution in [0.4, 0.5) is 0 Å². The number of hydrogen-bond acceptors (Lipinski definition) is 5. The number of carbonyl (C=O) groups excluding carboxylic acids is 1. The number of ether oxygens (including phenoxy) is 3. The van der Waals surface area contributed by atoms with E-state index in [0.717, 1.165) is 0 Å². The van der Waals surface area contributed by atoms with Crippen molar-refractivity contribution in [3.8, 4) is 0 Å². The lowest BCUT2D eigenvalue weighted by molar-refractivity contribution is -0.149. The molecule has 2 atom stereocenters. The van der Waals surface area contributed by atoms with Gasteiger partial charge >= 0.3 is 5.97 Å². The van der Waals surface area contributed by atoms with Crippen LogP contribution in [0.5, 0.6) is 0 Å². The number of carbonyl (C=O) groups is 1. The molecule has 0 aliphatic heterocycles. The van der Waals surface area contributed by atoms with Gasteiger partial charge in [0.05, 0.1) is 25.1 Å². The van der Waals surface area contributed by atoms with E-state index in [2.05, 4.69) is 12.6 Å². The first-order valence-electron chi connectivity index (χ1n) is 5.09. The molecule has 4 nitrogen and oxygen atoms in total. The molecule has 0 aromatic heterocycles. The minimum Gasteiger partial charge on any atom is -0.460 e. The fourth-order valence-corrected chi connectivity index (χ4v) is 1.00. The Morgan fingerprint density at radius 2 is 1.93 bits per heavy atom. The summed E-state index contributed by atoms with van der Waals surface area (Å²) in [6.07, 6.45) is -0.226. The third-order valence-electron chi connectivity index (χ3n) is 1.63. The van der Waals surface area contributed by atoms with E-state index in [9.17, 15) is 4.79 Å². The first-order valence-corrected chi connectivity index (χ1v) is 5.73. The van der Waals surface area contributed by atoms with Crippen molar-refractivity contribution in [2.24, 2.45) is 0 Å². The molecule has 0 saturated carbocycles. The molecule has 0 amide bonds. The quantitative estimate of drug-likeness (QED) is 0.509. The van der Waals surface area contributed by atoms with Crippen LogP contribution in [0.1, 0.15) is 20.8 Å². The Morgan fingerprint density at radius 1 is 1.27 bits per heavy atom. The summed E-state index contributed by atoms with van der Waals surface area (Å²) in [5.74, 6) is -0.231. The normalized spacial score (nSPS) is 14.7. The van der Waals surface area contributed by atoms with Crippen LogP contribution < -0.4 is 0 Å². The second-order valence-electron chi connectivity index (χ2n) is 3.26. The third kappa shape index (κ3) is 8.72. The Hall–Kier alpha value is -0.260. The SMILES string of the molecule is CCOCC(C)OCC(C)OC(=O)CS. The van der Waals surface area contributed by atoms with Gasteiger partial charge < -0.3 is 14.2 Å². The molecular weight excluding hydrogens is 216 g/mol. The van der Waals surface area contributed by atoms with Crippen molar-refractivity contribution in [3.63, 3.8) is 0 Å². The average Bonchev–Trinajstić information content (AvgIpc) is 2.23. The molecule has 0 fully saturated rings. The lowest BCUT2D eigenvalue weighted by Crippen LogP contribution is -2.25. The molecule has 2 unspecified atom stereocenters. The van der Waals surface area contributed by atoms with Crippen LogP contribution in [-0.4, -0.2) is 43.8 Å². The predicted octanol–water partition coefficient (Wildman–Crippen LogP) is 1.29. The number of esters is 1. The molecule has 0 spiro atoms. The van der Waals surface area contributed by atoms with Gasteiger partial charge in [-0.3, -0.25) is 4.79 Å². The minimum atomic E-state index is -0.327. The summed E-state index contributed by atoms with van der Waals surface area (Å²) < 4.78 is 15.6. The van der Waals surface area contributed by atoms with E-state index in [4.69, 9.17) is 14.2 Å². The van der Waals surface area contributed by atoms with Gasteiger partial charge in [0.25, 0.3) is 0 Å². The maximum atomic E-state index is 10.9. The fourth-order valence-electron chi connectivity index (χ4n) is 0.927. The largest absolute Gasteiger partial charge is 0.460 e. The standard InChI is InChI=1S/C10H20O4S/c1-4-12-5-8(2)13-6-9(3)14-10(11)7-15/h8-9,15H,4-7H2,1-3H3. The molecule has 90 valence electrons. The Morgan fingerprint density at radius 3 is 2.47 bits per heavy atom. The first kappa shape index (κ1) is 14.7. The second kappa shape index (κ2) is 9.00. The molecule has 0 aromatic carbocycles. The van der Waals surface area contributed by atoms with Gasteiger partial charge in [-0.15, -0.1) is 0 Å². The van der Waals surface area contributed by atoms with Gasteiger partial charge in [0.1, 0.15) is 6.10 Å². The van der Waals surface area contributed by atoms with Gasteiger partial charge in [0.2, 0.25) is 0 Å². The Balaban J connectivity index is 3.52. The lowest BCUT2D eigenvalue weighted by Gasteiger charge is -2.17. The summed E-state index contributed by atoms with van der Waals surface area (Å²) in [7, 11) is 0. The molecular formula is C10H20O4S. The highest BCUT2D eigenvalue weighted by molar-refractivity contribution is 7.81. The van der Waals surface area contributed by atoms with E-state index in [0.29, 0.717) is 19.8 Å². The van der Waals surface area contributed by atoms with Gasteiger partial charge in [-0.1, -0.05) is 0 Å². The summed E-state index contributed by atoms with van der Waals surface area (Å²) in [6, 6.07) is 0. The number of hydrogen-bond donors (Lipinski definition) is 1. The van der Waals surface area contributed by atoms with Crippen molar-refractivity contribution >= 4 is 18.6 Å². The van der Waals surface area contributed by atoms with Crippen LogP contribution in [0.15, 0.2) is 0 Å². The fraction of sp³-hybridized carbons (Fsp3) is 0.900. The molecule has 15 heavy (non-hydrogen) atoms. The van der Waals surface area contributed by atoms with Crippen LogP contribution in [-0.2, 0) is 19.0 Å². The predicted molar refractivity (Wildman–Crippen MR) is 61.3 cm³/mol. The molecule has 0 aliphatic carbocycles. The average molecular weight is 236 g/mol. The highest BCUT2D eigenvalue weighted by atomic mass is 32.1. The molecule has 5 heteroatoms. The zero-order chi connectivity index (χ0) is 11.7. The summed E-state index contributed by atoms with van der Waals surface area (Å²) in [6.45, 7) is 7.26. The smallest absolute Gasteiger partial charge is 0.315 e. The summed E-state index contributed by atoms with van der Waals surface area (Å²) in [4.78, 5) is 10.9. The van der Waals surface area contributed by atoms with Gasteiger partial charge in [0.15, 0.2) is 0 Å². The zero-order valence-corrected chi connectivity index (χ0v) is 10.5. The van der Waals surface area contributed by atoms with E-state index < -0.39 is 0 Å². The Bertz CT molecular complexity index is 175. The van der Waals surface area contributed by atoms with Crippen molar-refractivity contribution in [2.75, 3.05) is 25.6 Å². The highest BCUT2D eigenvalue weighted by Crippen LogP contribution is 1.98. The monoisotopic (exact) mass is 236 g/mol. The van der Waals surface area contributed by atoms with E-state index >= 15 is 0 Å². The minimum absolute atomic E-state index is 0.0158.